The summed E-state index contributed by atoms with van der Waals surface area (Å²) in [5, 5.41) is 7.08. The third-order valence-electron chi connectivity index (χ3n) is 4.57. The number of nitrogens with zero attached hydrogens (tertiary/aromatic N) is 3. The number of hydrogen-bond donors (Lipinski definition) is 0. The summed E-state index contributed by atoms with van der Waals surface area (Å²) in [6.07, 6.45) is 4.31. The smallest absolute Gasteiger partial charge is 0.167 e. The van der Waals surface area contributed by atoms with E-state index in [1.54, 1.807) is 22.2 Å². The largest absolute Gasteiger partial charge is 0.486 e. The molecule has 25 heavy (non-hydrogen) atoms. The van der Waals surface area contributed by atoms with Gasteiger partial charge in [0.25, 0.3) is 0 Å². The molecule has 0 saturated carbocycles. The van der Waals surface area contributed by atoms with Crippen LogP contribution in [0.4, 0.5) is 0 Å². The Balaban J connectivity index is 1.55. The van der Waals surface area contributed by atoms with Crippen molar-refractivity contribution in [2.24, 2.45) is 7.05 Å². The first-order valence-corrected chi connectivity index (χ1v) is 9.14. The van der Waals surface area contributed by atoms with Gasteiger partial charge in [-0.3, -0.25) is 9.48 Å². The fourth-order valence-corrected chi connectivity index (χ4v) is 4.20. The van der Waals surface area contributed by atoms with Crippen LogP contribution in [0.2, 0.25) is 0 Å². The second-order valence-corrected chi connectivity index (χ2v) is 7.39. The Hall–Kier alpha value is -2.47. The molecule has 0 fully saturated rings. The van der Waals surface area contributed by atoms with Crippen LogP contribution >= 0.6 is 11.3 Å². The van der Waals surface area contributed by atoms with Crippen molar-refractivity contribution in [1.82, 2.24) is 14.8 Å². The number of benzene rings is 1. The summed E-state index contributed by atoms with van der Waals surface area (Å²) in [5.41, 5.74) is 4.91. The third-order valence-corrected chi connectivity index (χ3v) is 5.51. The molecule has 5 nitrogen and oxygen atoms in total. The summed E-state index contributed by atoms with van der Waals surface area (Å²) >= 11 is 1.57. The van der Waals surface area contributed by atoms with Crippen LogP contribution in [-0.2, 0) is 13.7 Å². The van der Waals surface area contributed by atoms with Gasteiger partial charge in [0.05, 0.1) is 17.5 Å². The van der Waals surface area contributed by atoms with E-state index in [1.807, 2.05) is 30.8 Å². The Morgan fingerprint density at radius 2 is 2.24 bits per heavy atom. The van der Waals surface area contributed by atoms with Gasteiger partial charge in [-0.15, -0.1) is 11.3 Å². The molecule has 2 aromatic heterocycles. The van der Waals surface area contributed by atoms with E-state index in [2.05, 4.69) is 23.9 Å². The average molecular weight is 353 g/mol. The minimum absolute atomic E-state index is 0.176. The number of fused-ring (bicyclic) bond motifs is 1. The number of ketones is 1. The van der Waals surface area contributed by atoms with Gasteiger partial charge >= 0.3 is 0 Å². The molecule has 1 aromatic carbocycles. The molecule has 2 heterocycles. The van der Waals surface area contributed by atoms with Crippen molar-refractivity contribution in [3.8, 4) is 16.3 Å². The van der Waals surface area contributed by atoms with Gasteiger partial charge in [0.1, 0.15) is 17.4 Å². The van der Waals surface area contributed by atoms with Crippen molar-refractivity contribution in [2.75, 3.05) is 0 Å². The summed E-state index contributed by atoms with van der Waals surface area (Å²) in [5.74, 6) is 1.11. The van der Waals surface area contributed by atoms with Gasteiger partial charge in [0.2, 0.25) is 0 Å². The number of ether oxygens (including phenoxy) is 1. The van der Waals surface area contributed by atoms with E-state index in [4.69, 9.17) is 4.74 Å². The molecule has 0 spiro atoms. The number of carbonyl (C=O) groups is 1. The molecule has 4 rings (SSSR count). The first-order chi connectivity index (χ1) is 12.0. The molecule has 0 saturated heterocycles. The van der Waals surface area contributed by atoms with Crippen LogP contribution < -0.4 is 4.74 Å². The Morgan fingerprint density at radius 1 is 1.40 bits per heavy atom. The summed E-state index contributed by atoms with van der Waals surface area (Å²) in [6.45, 7) is 4.51. The molecule has 0 bridgehead atoms. The van der Waals surface area contributed by atoms with Crippen LogP contribution in [0.5, 0.6) is 5.75 Å². The molecule has 0 radical (unpaired) electrons. The van der Waals surface area contributed by atoms with E-state index in [9.17, 15) is 4.79 Å². The van der Waals surface area contributed by atoms with Gasteiger partial charge in [-0.1, -0.05) is 13.0 Å². The maximum Gasteiger partial charge on any atom is 0.167 e. The zero-order chi connectivity index (χ0) is 17.6. The molecular formula is C19H19N3O2S. The molecule has 1 aliphatic carbocycles. The highest BCUT2D eigenvalue weighted by atomic mass is 32.1. The molecule has 128 valence electrons. The van der Waals surface area contributed by atoms with Crippen LogP contribution in [0, 0.1) is 6.92 Å². The van der Waals surface area contributed by atoms with E-state index in [1.165, 1.54) is 0 Å². The van der Waals surface area contributed by atoms with Crippen LogP contribution in [0.3, 0.4) is 0 Å². The first-order valence-electron chi connectivity index (χ1n) is 8.26. The van der Waals surface area contributed by atoms with E-state index in [0.717, 1.165) is 33.0 Å². The monoisotopic (exact) mass is 353 g/mol. The van der Waals surface area contributed by atoms with Crippen LogP contribution in [-0.4, -0.2) is 20.5 Å². The molecule has 0 N–H and O–H groups in total. The lowest BCUT2D eigenvalue weighted by Crippen LogP contribution is -2.02. The van der Waals surface area contributed by atoms with Crippen molar-refractivity contribution in [3.63, 3.8) is 0 Å². The standard InChI is InChI=1S/C19H19N3O2S/c1-11-4-5-16(18-15(23)6-12(2)17(11)18)24-9-14-10-25-19(21-14)13-7-20-22(3)8-13/h4-5,7-8,10,12H,6,9H2,1-3H3. The van der Waals surface area contributed by atoms with Gasteiger partial charge < -0.3 is 4.74 Å². The van der Waals surface area contributed by atoms with Crippen molar-refractivity contribution in [1.29, 1.82) is 0 Å². The molecule has 1 aliphatic rings. The quantitative estimate of drug-likeness (QED) is 0.708. The Kier molecular flexibility index (Phi) is 3.92. The third kappa shape index (κ3) is 2.87. The van der Waals surface area contributed by atoms with E-state index in [-0.39, 0.29) is 11.7 Å². The van der Waals surface area contributed by atoms with Crippen LogP contribution in [0.1, 0.15) is 46.4 Å². The summed E-state index contributed by atoms with van der Waals surface area (Å²) in [4.78, 5) is 17.0. The van der Waals surface area contributed by atoms with Gasteiger partial charge in [0.15, 0.2) is 5.78 Å². The molecule has 3 aromatic rings. The lowest BCUT2D eigenvalue weighted by molar-refractivity contribution is 0.0986. The van der Waals surface area contributed by atoms with Crippen molar-refractivity contribution in [2.45, 2.75) is 32.8 Å². The summed E-state index contributed by atoms with van der Waals surface area (Å²) in [6, 6.07) is 3.93. The SMILES string of the molecule is Cc1ccc(OCc2csc(-c3cnn(C)c3)n2)c2c1C(C)CC2=O. The van der Waals surface area contributed by atoms with Crippen molar-refractivity contribution >= 4 is 17.1 Å². The van der Waals surface area contributed by atoms with Gasteiger partial charge in [-0.2, -0.15) is 5.10 Å². The van der Waals surface area contributed by atoms with Gasteiger partial charge in [-0.05, 0) is 30.0 Å². The van der Waals surface area contributed by atoms with Gasteiger partial charge in [-0.25, -0.2) is 4.98 Å². The zero-order valence-electron chi connectivity index (χ0n) is 14.4. The fraction of sp³-hybridized carbons (Fsp3) is 0.316. The lowest BCUT2D eigenvalue weighted by atomic mass is 9.97. The Bertz CT molecular complexity index is 957. The molecule has 1 atom stereocenters. The first kappa shape index (κ1) is 16.0. The van der Waals surface area contributed by atoms with Crippen molar-refractivity contribution in [3.05, 3.63) is 52.3 Å². The highest BCUT2D eigenvalue weighted by Crippen LogP contribution is 2.40. The normalized spacial score (nSPS) is 16.3. The number of thiazole rings is 1. The van der Waals surface area contributed by atoms with Gasteiger partial charge in [0, 0.05) is 30.6 Å². The Morgan fingerprint density at radius 3 is 3.00 bits per heavy atom. The number of Topliss-reactive ketones (excluding diaryl/α,β-unsaturated/α-hetero) is 1. The molecule has 1 unspecified atom stereocenters. The van der Waals surface area contributed by atoms with E-state index in [0.29, 0.717) is 18.8 Å². The zero-order valence-corrected chi connectivity index (χ0v) is 15.3. The Labute approximate surface area is 150 Å². The minimum atomic E-state index is 0.176. The summed E-state index contributed by atoms with van der Waals surface area (Å²) < 4.78 is 7.72. The maximum atomic E-state index is 12.3. The topological polar surface area (TPSA) is 57.0 Å². The highest BCUT2D eigenvalue weighted by molar-refractivity contribution is 7.13. The average Bonchev–Trinajstić information content (AvgIpc) is 3.27. The second-order valence-electron chi connectivity index (χ2n) is 6.53. The lowest BCUT2D eigenvalue weighted by Gasteiger charge is -2.12. The molecule has 6 heteroatoms. The minimum Gasteiger partial charge on any atom is -0.486 e. The van der Waals surface area contributed by atoms with Crippen molar-refractivity contribution < 1.29 is 9.53 Å². The number of aryl methyl sites for hydroxylation is 2. The maximum absolute atomic E-state index is 12.3. The van der Waals surface area contributed by atoms with Crippen LogP contribution in [0.25, 0.3) is 10.6 Å². The predicted molar refractivity (Wildman–Crippen MR) is 97.2 cm³/mol. The van der Waals surface area contributed by atoms with Crippen LogP contribution in [0.15, 0.2) is 29.9 Å². The molecule has 0 aliphatic heterocycles. The molecular weight excluding hydrogens is 334 g/mol. The number of aromatic nitrogens is 3. The molecule has 0 amide bonds. The number of rotatable bonds is 4. The van der Waals surface area contributed by atoms with E-state index < -0.39 is 0 Å². The second kappa shape index (κ2) is 6.11. The number of hydrogen-bond acceptors (Lipinski definition) is 5. The fourth-order valence-electron chi connectivity index (χ4n) is 3.42. The summed E-state index contributed by atoms with van der Waals surface area (Å²) in [7, 11) is 1.89. The predicted octanol–water partition coefficient (Wildman–Crippen LogP) is 4.12. The highest BCUT2D eigenvalue weighted by Gasteiger charge is 2.31. The number of carbonyl (C=O) groups excluding carboxylic acids is 1. The van der Waals surface area contributed by atoms with E-state index >= 15 is 0 Å².